The molecule has 13 amide bonds. The van der Waals surface area contributed by atoms with Crippen LogP contribution in [0, 0.1) is 0 Å². The highest BCUT2D eigenvalue weighted by molar-refractivity contribution is 5.99. The van der Waals surface area contributed by atoms with Gasteiger partial charge in [-0.15, -0.1) is 0 Å². The monoisotopic (exact) mass is 1690 g/mol. The van der Waals surface area contributed by atoms with Crippen molar-refractivity contribution in [2.24, 2.45) is 22.2 Å². The van der Waals surface area contributed by atoms with Gasteiger partial charge in [0.2, 0.25) is 76.8 Å². The number of hydrogen-bond donors (Lipinski definition) is 23. The van der Waals surface area contributed by atoms with Gasteiger partial charge in [0.25, 0.3) is 5.79 Å². The highest BCUT2D eigenvalue weighted by Gasteiger charge is 2.61. The summed E-state index contributed by atoms with van der Waals surface area (Å²) in [6, 6.07) is -16.8. The number of aliphatic hydroxyl groups is 10. The summed E-state index contributed by atoms with van der Waals surface area (Å²) in [7, 11) is 1.59. The molecule has 16 unspecified atom stereocenters. The minimum Gasteiger partial charge on any atom is -0.477 e. The Morgan fingerprint density at radius 3 is 1.63 bits per heavy atom. The smallest absolute Gasteiger partial charge is 0.364 e. The topological polar surface area (TPSA) is 729 Å². The van der Waals surface area contributed by atoms with Crippen molar-refractivity contribution in [1.82, 2.24) is 67.5 Å². The van der Waals surface area contributed by atoms with Crippen molar-refractivity contribution in [3.8, 4) is 0 Å². The van der Waals surface area contributed by atoms with E-state index in [1.165, 1.54) is 35.5 Å². The van der Waals surface area contributed by atoms with Crippen LogP contribution in [0.4, 0.5) is 0 Å². The molecule has 0 saturated carbocycles. The zero-order valence-corrected chi connectivity index (χ0v) is 66.4. The van der Waals surface area contributed by atoms with Gasteiger partial charge in [-0.1, -0.05) is 0 Å². The number of nitrogens with one attached hydrogen (secondary N) is 9. The summed E-state index contributed by atoms with van der Waals surface area (Å²) in [5.74, 6) is -16.6. The lowest BCUT2D eigenvalue weighted by molar-refractivity contribution is -0.382. The highest BCUT2D eigenvalue weighted by Crippen LogP contribution is 2.39. The van der Waals surface area contributed by atoms with E-state index < -0.39 is 280 Å². The van der Waals surface area contributed by atoms with Crippen LogP contribution in [0.2, 0.25) is 0 Å². The molecular formula is C70H115N17O31. The van der Waals surface area contributed by atoms with Crippen LogP contribution in [0.3, 0.4) is 0 Å². The minimum atomic E-state index is -3.28. The molecule has 27 atom stereocenters. The molecule has 26 N–H and O–H groups in total. The second-order valence-electron chi connectivity index (χ2n) is 30.2. The first-order valence-electron chi connectivity index (χ1n) is 39.0. The van der Waals surface area contributed by atoms with E-state index in [1.807, 2.05) is 0 Å². The maximum atomic E-state index is 15.0. The lowest BCUT2D eigenvalue weighted by Crippen LogP contribution is -2.71. The third-order valence-corrected chi connectivity index (χ3v) is 21.7. The second-order valence-corrected chi connectivity index (χ2v) is 30.2. The molecule has 7 heterocycles. The predicted octanol–water partition coefficient (Wildman–Crippen LogP) is -14.0. The summed E-state index contributed by atoms with van der Waals surface area (Å²) in [4.78, 5) is 201. The van der Waals surface area contributed by atoms with Crippen LogP contribution >= 0.6 is 0 Å². The second kappa shape index (κ2) is 43.4. The number of likely N-dealkylation sites (N-methyl/N-ethyl adjacent to an activating group) is 1. The molecule has 7 aliphatic rings. The molecule has 48 heteroatoms. The summed E-state index contributed by atoms with van der Waals surface area (Å²) in [6.07, 6.45) is -28.6. The molecule has 0 radical (unpaired) electrons. The fourth-order valence-electron chi connectivity index (χ4n) is 15.4. The molecule has 48 nitrogen and oxygen atoms in total. The number of carbonyl (C=O) groups excluding carboxylic acids is 13. The van der Waals surface area contributed by atoms with Gasteiger partial charge in [-0.05, 0) is 99.0 Å². The Bertz CT molecular complexity index is 3590. The van der Waals surface area contributed by atoms with Gasteiger partial charge in [0.1, 0.15) is 121 Å². The van der Waals surface area contributed by atoms with Crippen LogP contribution in [0.1, 0.15) is 112 Å². The average Bonchev–Trinajstić information content (AvgIpc) is 1.00. The number of carboxylic acids is 1. The SMILES string of the molecule is CNC(CCCN=C(N)N)C(=O)N1CCCC1C(=O)NC(C)C(=O)N1CCCC1C(=O)NCC(=O)NC(CO)C(=O)NC(C(=O)NC(C)C(=O)N1CCCC1C(=O)N1CCCC1C(=O)NC(C)C(N)=O)C(C)O[C@@H]1OC(CO)[C@H](O)C(O[C@@H]2OC(CO)[C@H](O)C(O[C@]3(C(=O)O)C[C@H](O)[C@@H](NC(C)=O)C([C@H](O)[C@H](O)CO)O3)[C@H]2O)[C@H]1NC(C)=O. The number of ether oxygens (including phenoxy) is 6. The largest absolute Gasteiger partial charge is 0.477 e. The number of carboxylic acid groups (broad SMARTS) is 1. The lowest BCUT2D eigenvalue weighted by atomic mass is 9.88. The van der Waals surface area contributed by atoms with Gasteiger partial charge in [-0.25, -0.2) is 4.79 Å². The molecule has 0 aromatic rings. The number of primary amides is 1. The van der Waals surface area contributed by atoms with Crippen molar-refractivity contribution in [2.75, 3.05) is 72.7 Å². The molecule has 7 fully saturated rings. The molecule has 7 saturated heterocycles. The molecule has 118 heavy (non-hydrogen) atoms. The number of likely N-dealkylation sites (tertiary alicyclic amines) is 4. The van der Waals surface area contributed by atoms with E-state index in [-0.39, 0.29) is 70.3 Å². The lowest BCUT2D eigenvalue weighted by Gasteiger charge is -2.51. The molecular weight excluding hydrogens is 1570 g/mol. The molecule has 0 bridgehead atoms. The van der Waals surface area contributed by atoms with Crippen molar-refractivity contribution in [3.05, 3.63) is 0 Å². The Morgan fingerprint density at radius 1 is 0.585 bits per heavy atom. The Labute approximate surface area is 676 Å². The number of carbonyl (C=O) groups is 14. The number of nitrogens with two attached hydrogens (primary N) is 3. The van der Waals surface area contributed by atoms with Gasteiger partial charge in [-0.3, -0.25) is 67.3 Å². The van der Waals surface area contributed by atoms with Crippen molar-refractivity contribution in [3.63, 3.8) is 0 Å². The number of aliphatic hydroxyl groups excluding tert-OH is 10. The van der Waals surface area contributed by atoms with Crippen LogP contribution in [0.5, 0.6) is 0 Å². The third kappa shape index (κ3) is 23.6. The normalized spacial score (nSPS) is 30.6. The van der Waals surface area contributed by atoms with Gasteiger partial charge < -0.3 is 169 Å². The molecule has 0 spiro atoms. The number of amides is 13. The van der Waals surface area contributed by atoms with Crippen LogP contribution in [-0.2, 0) is 95.5 Å². The van der Waals surface area contributed by atoms with Gasteiger partial charge in [0.15, 0.2) is 18.5 Å². The first-order chi connectivity index (χ1) is 55.7. The number of aliphatic imine (C=N–C) groups is 1. The molecule has 0 aromatic carbocycles. The number of nitrogens with zero attached hydrogens (tertiary/aromatic N) is 5. The fourth-order valence-corrected chi connectivity index (χ4v) is 15.4. The summed E-state index contributed by atoms with van der Waals surface area (Å²) in [5.41, 5.74) is 16.2. The maximum absolute atomic E-state index is 15.0. The summed E-state index contributed by atoms with van der Waals surface area (Å²) in [6.45, 7) is 1.94. The average molecular weight is 1690 g/mol. The Morgan fingerprint density at radius 2 is 1.09 bits per heavy atom. The number of guanidine groups is 1. The van der Waals surface area contributed by atoms with Crippen molar-refractivity contribution < 1.29 is 152 Å². The maximum Gasteiger partial charge on any atom is 0.364 e. The van der Waals surface area contributed by atoms with E-state index in [0.717, 1.165) is 25.7 Å². The molecule has 0 aromatic heterocycles. The zero-order valence-electron chi connectivity index (χ0n) is 66.4. The summed E-state index contributed by atoms with van der Waals surface area (Å²) in [5, 5.41) is 143. The third-order valence-electron chi connectivity index (χ3n) is 21.7. The van der Waals surface area contributed by atoms with Gasteiger partial charge in [0.05, 0.1) is 57.3 Å². The molecule has 7 aliphatic heterocycles. The van der Waals surface area contributed by atoms with E-state index in [4.69, 9.17) is 45.6 Å². The van der Waals surface area contributed by atoms with Gasteiger partial charge >= 0.3 is 5.97 Å². The number of hydrogen-bond acceptors (Lipinski definition) is 32. The Hall–Kier alpha value is -8.83. The molecule has 7 rings (SSSR count). The zero-order chi connectivity index (χ0) is 87.6. The number of aliphatic carboxylic acids is 1. The predicted molar refractivity (Wildman–Crippen MR) is 398 cm³/mol. The first kappa shape index (κ1) is 96.3. The first-order valence-corrected chi connectivity index (χ1v) is 39.0. The highest BCUT2D eigenvalue weighted by atomic mass is 16.8. The van der Waals surface area contributed by atoms with Crippen LogP contribution in [0.25, 0.3) is 0 Å². The quantitative estimate of drug-likeness (QED) is 0.0155. The summed E-state index contributed by atoms with van der Waals surface area (Å²) >= 11 is 0. The van der Waals surface area contributed by atoms with Crippen LogP contribution in [0.15, 0.2) is 4.99 Å². The van der Waals surface area contributed by atoms with Gasteiger partial charge in [-0.2, -0.15) is 0 Å². The van der Waals surface area contributed by atoms with Crippen molar-refractivity contribution in [2.45, 2.75) is 276 Å². The minimum absolute atomic E-state index is 0.0448. The summed E-state index contributed by atoms with van der Waals surface area (Å²) < 4.78 is 35.6. The fraction of sp³-hybridized carbons (Fsp3) is 0.786. The van der Waals surface area contributed by atoms with E-state index in [2.05, 4.69) is 52.8 Å². The van der Waals surface area contributed by atoms with Crippen LogP contribution in [-0.4, -0.2) is 401 Å². The Balaban J connectivity index is 1.11. The van der Waals surface area contributed by atoms with E-state index in [1.54, 1.807) is 7.05 Å². The van der Waals surface area contributed by atoms with Crippen molar-refractivity contribution >= 4 is 88.7 Å². The van der Waals surface area contributed by atoms with Crippen LogP contribution < -0.4 is 65.1 Å². The van der Waals surface area contributed by atoms with E-state index in [0.29, 0.717) is 38.5 Å². The van der Waals surface area contributed by atoms with E-state index >= 15 is 4.79 Å². The van der Waals surface area contributed by atoms with Crippen molar-refractivity contribution in [1.29, 1.82) is 0 Å². The Kier molecular flexibility index (Phi) is 35.4. The molecule has 0 aliphatic carbocycles. The van der Waals surface area contributed by atoms with E-state index in [9.17, 15) is 119 Å². The van der Waals surface area contributed by atoms with Gasteiger partial charge in [0, 0.05) is 53.0 Å². The standard InChI is InChI=1S/C70H115N17O31/c1-29(56(71)101)77-59(104)39-16-11-21-86(39)65(110)40-17-12-22-87(40)63(108)31(3)79-61(106)46(83-57(102)36(25-88)82-45(96)24-76-58(103)37-14-9-19-84(37)62(107)30(2)78-60(105)38-15-10-20-85(38)64(109)35(74-7)13-8-18-75-69(72)73)32(4)113-66-48(81-34(6)93)53(50(98)43(27-90)114-66)116-67-52(100)55(51(99)44(28-91)115-67)118-70(68(111)112)23-41(94)47(80-33(5)92)54(117-70)49(97)42(95)26-89/h29-32,35-44,46-55,66-67,74,88-91,94-95,97-100H,8-28H2,1-7H3,(H2,71,101)(H,76,103)(H,77,104)(H,78,105)(H,79,106)(H,80,92)(H,81,93)(H,82,96)(H,83,102)(H,111,112)(H4,72,73,75)/t29?,30?,31?,32?,35?,36?,37?,38?,39?,40?,41-,42+,43?,44?,46?,47+,48+,49+,50-,51-,52+,53?,54?,55?,66+,67-,70-/m0/s1. The number of rotatable bonds is 38. The molecule has 666 valence electrons.